The zero-order valence-electron chi connectivity index (χ0n) is 36.7. The maximum absolute atomic E-state index is 13.9. The van der Waals surface area contributed by atoms with Gasteiger partial charge in [-0.1, -0.05) is 66.7 Å². The Morgan fingerprint density at radius 1 is 0.857 bits per heavy atom. The molecule has 17 nitrogen and oxygen atoms in total. The first-order valence-corrected chi connectivity index (χ1v) is 21.2. The topological polar surface area (TPSA) is 217 Å². The number of β-lactam (4-membered cyclic amide) rings is 1. The molecule has 2 aromatic heterocycles. The van der Waals surface area contributed by atoms with E-state index in [2.05, 4.69) is 31.6 Å². The SMILES string of the molecule is CC(C)(C)OC(=O)Nc1nc(/C(=C/CC(C)(C)C(=O)OC(C)(C)C)C(=O)N[C@@H]2C(=O)N[C@@H]2CNC(=O)NCc2cc(=O)c(OCc3ccccc3)cn2OCc2ccccc2)cs1. The van der Waals surface area contributed by atoms with Gasteiger partial charge in [-0.05, 0) is 72.9 Å². The number of ether oxygens (including phenoxy) is 3. The molecule has 1 saturated heterocycles. The fourth-order valence-corrected chi connectivity index (χ4v) is 6.49. The molecule has 0 aliphatic carbocycles. The average Bonchev–Trinajstić information content (AvgIpc) is 3.66. The molecular formula is C45H55N7O10S. The van der Waals surface area contributed by atoms with Gasteiger partial charge in [-0.15, -0.1) is 11.3 Å². The maximum atomic E-state index is 13.9. The molecule has 4 aromatic rings. The molecule has 336 valence electrons. The van der Waals surface area contributed by atoms with Crippen molar-refractivity contribution in [1.29, 1.82) is 0 Å². The molecular weight excluding hydrogens is 831 g/mol. The van der Waals surface area contributed by atoms with Crippen LogP contribution in [0.25, 0.3) is 5.57 Å². The summed E-state index contributed by atoms with van der Waals surface area (Å²) >= 11 is 1.05. The van der Waals surface area contributed by atoms with Crippen molar-refractivity contribution in [2.75, 3.05) is 11.9 Å². The van der Waals surface area contributed by atoms with Gasteiger partial charge in [0.15, 0.2) is 10.9 Å². The molecule has 5 amide bonds. The van der Waals surface area contributed by atoms with Gasteiger partial charge in [0, 0.05) is 18.0 Å². The Bertz CT molecular complexity index is 2350. The largest absolute Gasteiger partial charge is 0.483 e. The van der Waals surface area contributed by atoms with Crippen LogP contribution in [0.2, 0.25) is 0 Å². The van der Waals surface area contributed by atoms with Crippen molar-refractivity contribution < 1.29 is 43.0 Å². The van der Waals surface area contributed by atoms with Crippen molar-refractivity contribution in [2.45, 2.75) is 105 Å². The third-order valence-electron chi connectivity index (χ3n) is 9.12. The molecule has 1 aliphatic rings. The number of hydrogen-bond acceptors (Lipinski definition) is 12. The number of pyridine rings is 1. The van der Waals surface area contributed by atoms with E-state index >= 15 is 0 Å². The minimum absolute atomic E-state index is 0.0429. The zero-order chi connectivity index (χ0) is 46.0. The molecule has 1 fully saturated rings. The van der Waals surface area contributed by atoms with Gasteiger partial charge in [-0.3, -0.25) is 24.5 Å². The van der Waals surface area contributed by atoms with Gasteiger partial charge >= 0.3 is 18.1 Å². The molecule has 18 heteroatoms. The van der Waals surface area contributed by atoms with Crippen LogP contribution in [0, 0.1) is 5.41 Å². The highest BCUT2D eigenvalue weighted by molar-refractivity contribution is 7.14. The molecule has 1 aliphatic heterocycles. The summed E-state index contributed by atoms with van der Waals surface area (Å²) in [6, 6.07) is 17.8. The van der Waals surface area contributed by atoms with Crippen molar-refractivity contribution in [3.05, 3.63) is 117 Å². The highest BCUT2D eigenvalue weighted by Crippen LogP contribution is 2.30. The lowest BCUT2D eigenvalue weighted by Gasteiger charge is -2.37. The fraction of sp³-hybridized carbons (Fsp3) is 0.400. The third-order valence-corrected chi connectivity index (χ3v) is 9.88. The molecule has 3 heterocycles. The van der Waals surface area contributed by atoms with Crippen molar-refractivity contribution >= 4 is 51.9 Å². The zero-order valence-corrected chi connectivity index (χ0v) is 37.5. The minimum atomic E-state index is -1.05. The monoisotopic (exact) mass is 885 g/mol. The number of esters is 1. The minimum Gasteiger partial charge on any atom is -0.483 e. The molecule has 0 spiro atoms. The summed E-state index contributed by atoms with van der Waals surface area (Å²) in [5.41, 5.74) is -0.654. The molecule has 5 rings (SSSR count). The van der Waals surface area contributed by atoms with E-state index < -0.39 is 64.0 Å². The van der Waals surface area contributed by atoms with Gasteiger partial charge in [0.2, 0.25) is 11.3 Å². The number of hydrogen-bond donors (Lipinski definition) is 5. The lowest BCUT2D eigenvalue weighted by atomic mass is 9.87. The maximum Gasteiger partial charge on any atom is 0.413 e. The molecule has 63 heavy (non-hydrogen) atoms. The highest BCUT2D eigenvalue weighted by Gasteiger charge is 2.41. The van der Waals surface area contributed by atoms with Crippen LogP contribution < -0.4 is 41.6 Å². The predicted octanol–water partition coefficient (Wildman–Crippen LogP) is 5.48. The normalized spacial score (nSPS) is 15.2. The molecule has 0 unspecified atom stereocenters. The summed E-state index contributed by atoms with van der Waals surface area (Å²) in [4.78, 5) is 88.9. The number of allylic oxidation sites excluding steroid dienone is 1. The number of nitrogens with zero attached hydrogens (tertiary/aromatic N) is 2. The van der Waals surface area contributed by atoms with Crippen LogP contribution in [0.4, 0.5) is 14.7 Å². The van der Waals surface area contributed by atoms with E-state index in [-0.39, 0.29) is 54.9 Å². The number of carbonyl (C=O) groups excluding carboxylic acids is 5. The van der Waals surface area contributed by atoms with Crippen molar-refractivity contribution in [1.82, 2.24) is 31.0 Å². The lowest BCUT2D eigenvalue weighted by molar-refractivity contribution is -0.165. The fourth-order valence-electron chi connectivity index (χ4n) is 5.80. The second-order valence-corrected chi connectivity index (χ2v) is 18.2. The van der Waals surface area contributed by atoms with E-state index in [1.165, 1.54) is 23.1 Å². The van der Waals surface area contributed by atoms with E-state index in [1.54, 1.807) is 60.8 Å². The summed E-state index contributed by atoms with van der Waals surface area (Å²) in [5, 5.41) is 15.1. The van der Waals surface area contributed by atoms with Crippen LogP contribution in [-0.4, -0.2) is 69.5 Å². The number of carbonyl (C=O) groups is 5. The van der Waals surface area contributed by atoms with Gasteiger partial charge in [0.25, 0.3) is 5.91 Å². The van der Waals surface area contributed by atoms with E-state index in [0.717, 1.165) is 22.5 Å². The van der Waals surface area contributed by atoms with Gasteiger partial charge in [-0.2, -0.15) is 4.73 Å². The molecule has 2 atom stereocenters. The number of nitrogens with one attached hydrogen (secondary N) is 5. The van der Waals surface area contributed by atoms with Crippen LogP contribution in [0.1, 0.15) is 84.3 Å². The van der Waals surface area contributed by atoms with Crippen LogP contribution in [0.5, 0.6) is 5.75 Å². The molecule has 0 bridgehead atoms. The summed E-state index contributed by atoms with van der Waals surface area (Å²) in [5.74, 6) is -1.58. The summed E-state index contributed by atoms with van der Waals surface area (Å²) in [6.07, 6.45) is 2.30. The molecule has 0 saturated carbocycles. The highest BCUT2D eigenvalue weighted by atomic mass is 32.1. The van der Waals surface area contributed by atoms with Crippen LogP contribution >= 0.6 is 11.3 Å². The first-order valence-electron chi connectivity index (χ1n) is 20.3. The van der Waals surface area contributed by atoms with Crippen LogP contribution in [0.15, 0.2) is 89.2 Å². The summed E-state index contributed by atoms with van der Waals surface area (Å²) in [7, 11) is 0. The average molecular weight is 886 g/mol. The Morgan fingerprint density at radius 3 is 2.11 bits per heavy atom. The van der Waals surface area contributed by atoms with Gasteiger partial charge in [0.1, 0.15) is 30.5 Å². The van der Waals surface area contributed by atoms with E-state index in [0.29, 0.717) is 5.69 Å². The number of urea groups is 1. The smallest absolute Gasteiger partial charge is 0.413 e. The lowest BCUT2D eigenvalue weighted by Crippen LogP contribution is -2.72. The second-order valence-electron chi connectivity index (χ2n) is 17.4. The van der Waals surface area contributed by atoms with Crippen LogP contribution in [0.3, 0.4) is 0 Å². The van der Waals surface area contributed by atoms with Crippen LogP contribution in [-0.2, 0) is 43.6 Å². The predicted molar refractivity (Wildman–Crippen MR) is 236 cm³/mol. The Balaban J connectivity index is 1.24. The van der Waals surface area contributed by atoms with Gasteiger partial charge in [-0.25, -0.2) is 14.6 Å². The van der Waals surface area contributed by atoms with Gasteiger partial charge in [0.05, 0.1) is 41.2 Å². The first-order chi connectivity index (χ1) is 29.7. The number of rotatable bonds is 17. The standard InChI is InChI=1S/C45H55N7O10S/c1-43(2,3)61-39(56)45(7,8)20-19-31(33-27-63-41(49-33)51-42(58)62-44(4,5)6)37(54)50-36-32(48-38(36)55)23-47-40(57)46-22-30-21-34(53)35(59-25-28-15-11-9-12-16-28)24-52(30)60-26-29-17-13-10-14-18-29/h9-19,21,24,27,32,36H,20,22-23,25-26H2,1-8H3,(H,48,55)(H,50,54)(H2,46,47,57)(H,49,51,58)/b31-19-/t32-,36+/m1/s1. The second kappa shape index (κ2) is 20.5. The number of anilines is 1. The summed E-state index contributed by atoms with van der Waals surface area (Å²) in [6.45, 7) is 13.9. The molecule has 0 radical (unpaired) electrons. The number of thiazole rings is 1. The Hall–Kier alpha value is -6.69. The summed E-state index contributed by atoms with van der Waals surface area (Å²) < 4.78 is 18.1. The number of aromatic nitrogens is 2. The Labute approximate surface area is 369 Å². The van der Waals surface area contributed by atoms with E-state index in [9.17, 15) is 28.8 Å². The Kier molecular flexibility index (Phi) is 15.4. The van der Waals surface area contributed by atoms with Crippen molar-refractivity contribution in [3.63, 3.8) is 0 Å². The number of benzene rings is 2. The first kappa shape index (κ1) is 47.4. The quantitative estimate of drug-likeness (QED) is 0.0508. The van der Waals surface area contributed by atoms with E-state index in [1.807, 2.05) is 60.7 Å². The molecule has 2 aromatic carbocycles. The number of amides is 5. The van der Waals surface area contributed by atoms with Crippen molar-refractivity contribution in [2.24, 2.45) is 5.41 Å². The Morgan fingerprint density at radius 2 is 1.49 bits per heavy atom. The molecule has 5 N–H and O–H groups in total. The van der Waals surface area contributed by atoms with Crippen molar-refractivity contribution in [3.8, 4) is 5.75 Å². The third kappa shape index (κ3) is 14.4. The van der Waals surface area contributed by atoms with E-state index in [4.69, 9.17) is 19.0 Å². The van der Waals surface area contributed by atoms with Gasteiger partial charge < -0.3 is 40.3 Å².